The minimum atomic E-state index is -3.74. The van der Waals surface area contributed by atoms with Gasteiger partial charge in [-0.25, -0.2) is 8.42 Å². The van der Waals surface area contributed by atoms with Gasteiger partial charge >= 0.3 is 0 Å². The molecule has 0 heterocycles. The predicted octanol–water partition coefficient (Wildman–Crippen LogP) is 3.32. The Morgan fingerprint density at radius 2 is 1.70 bits per heavy atom. The Labute approximate surface area is 197 Å². The summed E-state index contributed by atoms with van der Waals surface area (Å²) in [5.74, 6) is -0.681. The monoisotopic (exact) mass is 473 g/mol. The molecule has 0 fully saturated rings. The summed E-state index contributed by atoms with van der Waals surface area (Å²) in [6.07, 6.45) is 1.50. The number of nitrogens with zero attached hydrogens (tertiary/aromatic N) is 2. The predicted molar refractivity (Wildman–Crippen MR) is 133 cm³/mol. The van der Waals surface area contributed by atoms with Gasteiger partial charge in [0.25, 0.3) is 0 Å². The van der Waals surface area contributed by atoms with Gasteiger partial charge in [0.1, 0.15) is 12.6 Å². The molecule has 1 N–H and O–H groups in total. The van der Waals surface area contributed by atoms with Crippen LogP contribution in [0.2, 0.25) is 0 Å². The van der Waals surface area contributed by atoms with Crippen LogP contribution in [0.3, 0.4) is 0 Å². The maximum atomic E-state index is 13.6. The van der Waals surface area contributed by atoms with Crippen LogP contribution in [0.5, 0.6) is 0 Å². The van der Waals surface area contributed by atoms with Crippen LogP contribution in [0.15, 0.2) is 42.5 Å². The lowest BCUT2D eigenvalue weighted by atomic mass is 10.1. The van der Waals surface area contributed by atoms with Crippen molar-refractivity contribution in [2.24, 2.45) is 0 Å². The molecule has 0 radical (unpaired) electrons. The van der Waals surface area contributed by atoms with Crippen LogP contribution >= 0.6 is 0 Å². The lowest BCUT2D eigenvalue weighted by molar-refractivity contribution is -0.140. The fraction of sp³-hybridized carbons (Fsp3) is 0.440. The van der Waals surface area contributed by atoms with Gasteiger partial charge in [-0.05, 0) is 56.9 Å². The molecule has 0 spiro atoms. The van der Waals surface area contributed by atoms with Crippen molar-refractivity contribution in [1.82, 2.24) is 10.2 Å². The molecule has 2 aromatic rings. The van der Waals surface area contributed by atoms with Crippen molar-refractivity contribution < 1.29 is 18.0 Å². The third-order valence-corrected chi connectivity index (χ3v) is 6.82. The highest BCUT2D eigenvalue weighted by Gasteiger charge is 2.32. The number of likely N-dealkylation sites (N-methyl/N-ethyl adjacent to an activating group) is 1. The van der Waals surface area contributed by atoms with Crippen LogP contribution in [-0.2, 0) is 26.2 Å². The van der Waals surface area contributed by atoms with Crippen molar-refractivity contribution in [2.45, 2.75) is 53.6 Å². The number of hydrogen-bond acceptors (Lipinski definition) is 4. The van der Waals surface area contributed by atoms with E-state index in [2.05, 4.69) is 5.32 Å². The van der Waals surface area contributed by atoms with E-state index in [1.807, 2.05) is 65.0 Å². The molecule has 1 atom stereocenters. The van der Waals surface area contributed by atoms with E-state index < -0.39 is 22.0 Å². The lowest BCUT2D eigenvalue weighted by Crippen LogP contribution is -2.52. The summed E-state index contributed by atoms with van der Waals surface area (Å²) in [6.45, 7) is 9.63. The van der Waals surface area contributed by atoms with E-state index in [4.69, 9.17) is 0 Å². The number of anilines is 1. The highest BCUT2D eigenvalue weighted by Crippen LogP contribution is 2.25. The number of carbonyl (C=O) groups excluding carboxylic acids is 2. The Morgan fingerprint density at radius 1 is 1.03 bits per heavy atom. The first kappa shape index (κ1) is 26.4. The number of amides is 2. The van der Waals surface area contributed by atoms with Crippen molar-refractivity contribution in [1.29, 1.82) is 0 Å². The van der Waals surface area contributed by atoms with E-state index in [1.54, 1.807) is 12.1 Å². The summed E-state index contributed by atoms with van der Waals surface area (Å²) in [5.41, 5.74) is 4.10. The summed E-state index contributed by atoms with van der Waals surface area (Å²) in [5, 5.41) is 2.80. The molecule has 0 unspecified atom stereocenters. The van der Waals surface area contributed by atoms with Crippen LogP contribution in [0.1, 0.15) is 42.5 Å². The normalized spacial score (nSPS) is 12.2. The average molecular weight is 474 g/mol. The van der Waals surface area contributed by atoms with Gasteiger partial charge in [0, 0.05) is 13.1 Å². The Bertz CT molecular complexity index is 1100. The number of nitrogens with one attached hydrogen (secondary N) is 1. The molecule has 0 aliphatic rings. The SMILES string of the molecule is CCNC(=O)[C@@H](CC)N(Cc1cccc(C)c1)C(=O)CN(c1cccc(C)c1C)S(C)(=O)=O. The van der Waals surface area contributed by atoms with Crippen LogP contribution in [0.25, 0.3) is 0 Å². The van der Waals surface area contributed by atoms with E-state index >= 15 is 0 Å². The van der Waals surface area contributed by atoms with Crippen molar-refractivity contribution in [3.05, 3.63) is 64.7 Å². The molecule has 180 valence electrons. The molecular formula is C25H35N3O4S. The molecule has 0 bridgehead atoms. The Balaban J connectivity index is 2.48. The summed E-state index contributed by atoms with van der Waals surface area (Å²) in [6, 6.07) is 12.4. The minimum absolute atomic E-state index is 0.209. The quantitative estimate of drug-likeness (QED) is 0.574. The highest BCUT2D eigenvalue weighted by molar-refractivity contribution is 7.92. The van der Waals surface area contributed by atoms with Crippen molar-refractivity contribution in [3.63, 3.8) is 0 Å². The largest absolute Gasteiger partial charge is 0.355 e. The maximum absolute atomic E-state index is 13.6. The van der Waals surface area contributed by atoms with Gasteiger partial charge in [-0.3, -0.25) is 13.9 Å². The summed E-state index contributed by atoms with van der Waals surface area (Å²) in [7, 11) is -3.74. The summed E-state index contributed by atoms with van der Waals surface area (Å²) >= 11 is 0. The minimum Gasteiger partial charge on any atom is -0.355 e. The van der Waals surface area contributed by atoms with Crippen molar-refractivity contribution >= 4 is 27.5 Å². The molecule has 2 amide bonds. The molecule has 0 aliphatic carbocycles. The van der Waals surface area contributed by atoms with Gasteiger partial charge in [-0.15, -0.1) is 0 Å². The summed E-state index contributed by atoms with van der Waals surface area (Å²) in [4.78, 5) is 27.9. The number of rotatable bonds is 10. The van der Waals surface area contributed by atoms with Crippen LogP contribution in [0.4, 0.5) is 5.69 Å². The molecule has 33 heavy (non-hydrogen) atoms. The first-order valence-electron chi connectivity index (χ1n) is 11.2. The molecule has 0 saturated carbocycles. The molecule has 0 saturated heterocycles. The standard InChI is InChI=1S/C25H35N3O4S/c1-7-22(25(30)26-8-2)27(16-21-13-9-11-18(3)15-21)24(29)17-28(33(6,31)32)23-14-10-12-19(4)20(23)5/h9-15,22H,7-8,16-17H2,1-6H3,(H,26,30)/t22-/m1/s1. The van der Waals surface area contributed by atoms with E-state index in [-0.39, 0.29) is 19.0 Å². The average Bonchev–Trinajstić information content (AvgIpc) is 2.73. The lowest BCUT2D eigenvalue weighted by Gasteiger charge is -2.33. The Morgan fingerprint density at radius 3 is 2.27 bits per heavy atom. The third-order valence-electron chi connectivity index (χ3n) is 5.70. The zero-order valence-corrected chi connectivity index (χ0v) is 21.2. The number of carbonyl (C=O) groups is 2. The van der Waals surface area contributed by atoms with Gasteiger partial charge in [0.15, 0.2) is 0 Å². The van der Waals surface area contributed by atoms with Crippen LogP contribution in [0, 0.1) is 20.8 Å². The summed E-state index contributed by atoms with van der Waals surface area (Å²) < 4.78 is 26.5. The smallest absolute Gasteiger partial charge is 0.244 e. The second-order valence-electron chi connectivity index (χ2n) is 8.32. The van der Waals surface area contributed by atoms with E-state index in [9.17, 15) is 18.0 Å². The first-order chi connectivity index (χ1) is 15.5. The number of sulfonamides is 1. The Hall–Kier alpha value is -2.87. The number of aryl methyl sites for hydroxylation is 2. The second kappa shape index (κ2) is 11.3. The second-order valence-corrected chi connectivity index (χ2v) is 10.2. The topological polar surface area (TPSA) is 86.8 Å². The van der Waals surface area contributed by atoms with Gasteiger partial charge in [0.05, 0.1) is 11.9 Å². The fourth-order valence-corrected chi connectivity index (χ4v) is 4.72. The van der Waals surface area contributed by atoms with Crippen LogP contribution in [-0.4, -0.2) is 50.5 Å². The van der Waals surface area contributed by atoms with Gasteiger partial charge in [-0.1, -0.05) is 48.9 Å². The van der Waals surface area contributed by atoms with Gasteiger partial charge in [-0.2, -0.15) is 0 Å². The van der Waals surface area contributed by atoms with E-state index in [0.717, 1.165) is 32.8 Å². The van der Waals surface area contributed by atoms with E-state index in [0.29, 0.717) is 18.7 Å². The number of benzene rings is 2. The molecule has 2 rings (SSSR count). The molecule has 7 nitrogen and oxygen atoms in total. The Kier molecular flexibility index (Phi) is 9.05. The maximum Gasteiger partial charge on any atom is 0.244 e. The molecular weight excluding hydrogens is 438 g/mol. The zero-order valence-electron chi connectivity index (χ0n) is 20.4. The van der Waals surface area contributed by atoms with Crippen LogP contribution < -0.4 is 9.62 Å². The van der Waals surface area contributed by atoms with Crippen molar-refractivity contribution in [3.8, 4) is 0 Å². The number of hydrogen-bond donors (Lipinski definition) is 1. The first-order valence-corrected chi connectivity index (χ1v) is 13.0. The van der Waals surface area contributed by atoms with Gasteiger partial charge < -0.3 is 10.2 Å². The fourth-order valence-electron chi connectivity index (χ4n) is 3.82. The molecule has 0 aliphatic heterocycles. The molecule has 2 aromatic carbocycles. The van der Waals surface area contributed by atoms with Gasteiger partial charge in [0.2, 0.25) is 21.8 Å². The van der Waals surface area contributed by atoms with E-state index in [1.165, 1.54) is 4.90 Å². The zero-order chi connectivity index (χ0) is 24.8. The molecule has 8 heteroatoms. The van der Waals surface area contributed by atoms with Crippen molar-refractivity contribution in [2.75, 3.05) is 23.7 Å². The third kappa shape index (κ3) is 6.81. The molecule has 0 aromatic heterocycles. The highest BCUT2D eigenvalue weighted by atomic mass is 32.2.